The molecule has 0 radical (unpaired) electrons. The highest BCUT2D eigenvalue weighted by Gasteiger charge is 2.36. The van der Waals surface area contributed by atoms with Crippen LogP contribution in [-0.4, -0.2) is 21.4 Å². The van der Waals surface area contributed by atoms with Gasteiger partial charge in [-0.3, -0.25) is 29.8 Å². The van der Waals surface area contributed by atoms with Gasteiger partial charge in [0.2, 0.25) is 5.78 Å². The number of fused-ring (bicyclic) bond motifs is 2. The largest absolute Gasteiger partial charge is 0.289 e. The number of rotatable bonds is 2. The van der Waals surface area contributed by atoms with Gasteiger partial charge in [0.05, 0.1) is 9.85 Å². The zero-order chi connectivity index (χ0) is 16.0. The minimum absolute atomic E-state index is 0.0719. The first kappa shape index (κ1) is 13.6. The summed E-state index contributed by atoms with van der Waals surface area (Å²) >= 11 is 0. The van der Waals surface area contributed by atoms with Gasteiger partial charge in [-0.2, -0.15) is 0 Å². The van der Waals surface area contributed by atoms with Crippen LogP contribution in [0.1, 0.15) is 31.8 Å². The Morgan fingerprint density at radius 1 is 0.773 bits per heavy atom. The predicted molar refractivity (Wildman–Crippen MR) is 73.1 cm³/mol. The highest BCUT2D eigenvalue weighted by Crippen LogP contribution is 2.34. The molecule has 0 aromatic heterocycles. The van der Waals surface area contributed by atoms with Crippen LogP contribution >= 0.6 is 0 Å². The molecule has 0 N–H and O–H groups in total. The van der Waals surface area contributed by atoms with Crippen LogP contribution in [0.15, 0.2) is 36.4 Å². The quantitative estimate of drug-likeness (QED) is 0.528. The van der Waals surface area contributed by atoms with Crippen LogP contribution in [0.25, 0.3) is 0 Å². The van der Waals surface area contributed by atoms with Gasteiger partial charge in [-0.25, -0.2) is 0 Å². The van der Waals surface area contributed by atoms with E-state index >= 15 is 0 Å². The molecule has 108 valence electrons. The van der Waals surface area contributed by atoms with E-state index in [1.54, 1.807) is 0 Å². The van der Waals surface area contributed by atoms with Crippen LogP contribution in [0, 0.1) is 20.2 Å². The van der Waals surface area contributed by atoms with Gasteiger partial charge in [-0.05, 0) is 12.1 Å². The minimum atomic E-state index is -0.736. The Bertz CT molecular complexity index is 883. The summed E-state index contributed by atoms with van der Waals surface area (Å²) in [5, 5.41) is 21.8. The summed E-state index contributed by atoms with van der Waals surface area (Å²) in [6.07, 6.45) is 0. The number of ketones is 2. The van der Waals surface area contributed by atoms with Gasteiger partial charge in [-0.15, -0.1) is 0 Å². The molecule has 0 spiro atoms. The number of non-ortho nitro benzene ring substituents is 1. The van der Waals surface area contributed by atoms with E-state index in [0.717, 1.165) is 24.3 Å². The number of nitro groups is 2. The average Bonchev–Trinajstić information content (AvgIpc) is 2.51. The third-order valence-corrected chi connectivity index (χ3v) is 3.41. The lowest BCUT2D eigenvalue weighted by atomic mass is 9.83. The van der Waals surface area contributed by atoms with E-state index in [4.69, 9.17) is 0 Å². The van der Waals surface area contributed by atoms with E-state index in [1.807, 2.05) is 0 Å². The molecule has 0 fully saturated rings. The monoisotopic (exact) mass is 298 g/mol. The minimum Gasteiger partial charge on any atom is -0.289 e. The Hall–Kier alpha value is -3.42. The first-order chi connectivity index (χ1) is 10.4. The number of carbonyl (C=O) groups is 2. The smallest absolute Gasteiger partial charge is 0.281 e. The first-order valence-corrected chi connectivity index (χ1v) is 6.07. The molecule has 0 amide bonds. The molecular formula is C14H6N2O6. The Morgan fingerprint density at radius 2 is 1.50 bits per heavy atom. The maximum absolute atomic E-state index is 12.4. The molecule has 1 aliphatic rings. The molecule has 0 aliphatic heterocycles. The van der Waals surface area contributed by atoms with Crippen LogP contribution in [0.4, 0.5) is 11.4 Å². The standard InChI is InChI=1S/C14H6N2O6/c17-13-9-2-1-3-11(16(21)22)12(9)14(18)8-5-4-7(15(19)20)6-10(8)13/h1-6H. The van der Waals surface area contributed by atoms with Gasteiger partial charge in [0, 0.05) is 34.9 Å². The molecule has 22 heavy (non-hydrogen) atoms. The van der Waals surface area contributed by atoms with Crippen molar-refractivity contribution < 1.29 is 19.4 Å². The van der Waals surface area contributed by atoms with E-state index < -0.39 is 27.1 Å². The molecule has 0 saturated heterocycles. The fourth-order valence-electron chi connectivity index (χ4n) is 2.43. The summed E-state index contributed by atoms with van der Waals surface area (Å²) < 4.78 is 0. The van der Waals surface area contributed by atoms with Crippen molar-refractivity contribution in [2.75, 3.05) is 0 Å². The number of hydrogen-bond donors (Lipinski definition) is 0. The second kappa shape index (κ2) is 4.55. The van der Waals surface area contributed by atoms with Crippen LogP contribution in [0.3, 0.4) is 0 Å². The lowest BCUT2D eigenvalue weighted by molar-refractivity contribution is -0.385. The van der Waals surface area contributed by atoms with Gasteiger partial charge >= 0.3 is 0 Å². The first-order valence-electron chi connectivity index (χ1n) is 6.07. The normalized spacial score (nSPS) is 12.5. The van der Waals surface area contributed by atoms with E-state index in [0.29, 0.717) is 0 Å². The number of benzene rings is 2. The Kier molecular flexibility index (Phi) is 2.81. The second-order valence-electron chi connectivity index (χ2n) is 4.60. The Labute approximate surface area is 122 Å². The van der Waals surface area contributed by atoms with Crippen molar-refractivity contribution >= 4 is 22.9 Å². The van der Waals surface area contributed by atoms with Crippen LogP contribution in [0.2, 0.25) is 0 Å². The van der Waals surface area contributed by atoms with Gasteiger partial charge in [0.15, 0.2) is 5.78 Å². The summed E-state index contributed by atoms with van der Waals surface area (Å²) in [7, 11) is 0. The van der Waals surface area contributed by atoms with Gasteiger partial charge < -0.3 is 0 Å². The molecule has 0 saturated carbocycles. The molecule has 2 aromatic carbocycles. The molecule has 0 unspecified atom stereocenters. The van der Waals surface area contributed by atoms with Gasteiger partial charge in [0.1, 0.15) is 5.56 Å². The Balaban J connectivity index is 2.30. The number of nitrogens with zero attached hydrogens (tertiary/aromatic N) is 2. The zero-order valence-corrected chi connectivity index (χ0v) is 10.8. The Morgan fingerprint density at radius 3 is 2.14 bits per heavy atom. The zero-order valence-electron chi connectivity index (χ0n) is 10.8. The van der Waals surface area contributed by atoms with Crippen molar-refractivity contribution in [3.8, 4) is 0 Å². The number of hydrogen-bond acceptors (Lipinski definition) is 6. The third-order valence-electron chi connectivity index (χ3n) is 3.41. The van der Waals surface area contributed by atoms with E-state index in [9.17, 15) is 29.8 Å². The summed E-state index contributed by atoms with van der Waals surface area (Å²) in [5.74, 6) is -1.33. The number of nitro benzene ring substituents is 2. The van der Waals surface area contributed by atoms with Crippen molar-refractivity contribution in [1.29, 1.82) is 0 Å². The highest BCUT2D eigenvalue weighted by molar-refractivity contribution is 6.29. The summed E-state index contributed by atoms with van der Waals surface area (Å²) in [6, 6.07) is 6.98. The molecule has 3 rings (SSSR count). The predicted octanol–water partition coefficient (Wildman–Crippen LogP) is 2.28. The summed E-state index contributed by atoms with van der Waals surface area (Å²) in [4.78, 5) is 45.2. The maximum atomic E-state index is 12.4. The van der Waals surface area contributed by atoms with Crippen LogP contribution in [-0.2, 0) is 0 Å². The molecule has 8 heteroatoms. The van der Waals surface area contributed by atoms with Crippen molar-refractivity contribution in [3.63, 3.8) is 0 Å². The fraction of sp³-hybridized carbons (Fsp3) is 0. The van der Waals surface area contributed by atoms with Crippen molar-refractivity contribution in [2.24, 2.45) is 0 Å². The SMILES string of the molecule is O=C1c2cc([N+](=O)[O-])ccc2C(=O)c2c1cccc2[N+](=O)[O-]. The topological polar surface area (TPSA) is 120 Å². The highest BCUT2D eigenvalue weighted by atomic mass is 16.6. The third kappa shape index (κ3) is 1.78. The summed E-state index contributed by atoms with van der Waals surface area (Å²) in [6.45, 7) is 0. The van der Waals surface area contributed by atoms with Crippen molar-refractivity contribution in [1.82, 2.24) is 0 Å². The molecule has 0 bridgehead atoms. The van der Waals surface area contributed by atoms with Gasteiger partial charge in [-0.1, -0.05) is 6.07 Å². The van der Waals surface area contributed by atoms with Crippen molar-refractivity contribution in [3.05, 3.63) is 78.9 Å². The van der Waals surface area contributed by atoms with Crippen molar-refractivity contribution in [2.45, 2.75) is 0 Å². The fourth-order valence-corrected chi connectivity index (χ4v) is 2.43. The molecular weight excluding hydrogens is 292 g/mol. The molecule has 1 aliphatic carbocycles. The molecule has 2 aromatic rings. The number of carbonyl (C=O) groups excluding carboxylic acids is 2. The molecule has 0 atom stereocenters. The molecule has 0 heterocycles. The lowest BCUT2D eigenvalue weighted by Crippen LogP contribution is -2.22. The van der Waals surface area contributed by atoms with Gasteiger partial charge in [0.25, 0.3) is 11.4 Å². The van der Waals surface area contributed by atoms with E-state index in [2.05, 4.69) is 0 Å². The average molecular weight is 298 g/mol. The van der Waals surface area contributed by atoms with E-state index in [1.165, 1.54) is 12.1 Å². The maximum Gasteiger partial charge on any atom is 0.281 e. The van der Waals surface area contributed by atoms with Crippen LogP contribution in [0.5, 0.6) is 0 Å². The van der Waals surface area contributed by atoms with Crippen LogP contribution < -0.4 is 0 Å². The molecule has 8 nitrogen and oxygen atoms in total. The second-order valence-corrected chi connectivity index (χ2v) is 4.60. The van der Waals surface area contributed by atoms with E-state index in [-0.39, 0.29) is 27.9 Å². The lowest BCUT2D eigenvalue weighted by Gasteiger charge is -2.16. The summed E-state index contributed by atoms with van der Waals surface area (Å²) in [5.41, 5.74) is -1.37.